The van der Waals surface area contributed by atoms with Gasteiger partial charge >= 0.3 is 5.97 Å². The average Bonchev–Trinajstić information content (AvgIpc) is 2.52. The smallest absolute Gasteiger partial charge is 0.306 e. The first-order chi connectivity index (χ1) is 11.3. The van der Waals surface area contributed by atoms with Crippen molar-refractivity contribution in [3.8, 4) is 0 Å². The lowest BCUT2D eigenvalue weighted by Gasteiger charge is -2.11. The van der Waals surface area contributed by atoms with Crippen LogP contribution in [-0.2, 0) is 20.7 Å². The summed E-state index contributed by atoms with van der Waals surface area (Å²) in [5, 5.41) is 3.27. The summed E-state index contributed by atoms with van der Waals surface area (Å²) in [5.74, 6) is -0.558. The molecule has 1 rings (SSSR count). The first kappa shape index (κ1) is 20.5. The van der Waals surface area contributed by atoms with Crippen LogP contribution in [0.15, 0.2) is 12.1 Å². The van der Waals surface area contributed by atoms with Gasteiger partial charge in [0, 0.05) is 31.9 Å². The molecule has 0 aliphatic rings. The molecule has 0 fully saturated rings. The molecule has 1 amide bonds. The summed E-state index contributed by atoms with van der Waals surface area (Å²) in [7, 11) is 0. The second-order valence-electron chi connectivity index (χ2n) is 5.24. The molecular formula is C17H21Cl2NO4. The summed E-state index contributed by atoms with van der Waals surface area (Å²) in [6.45, 7) is 3.91. The highest BCUT2D eigenvalue weighted by Gasteiger charge is 2.16. The van der Waals surface area contributed by atoms with E-state index in [1.54, 1.807) is 13.0 Å². The molecule has 1 aromatic carbocycles. The molecule has 0 unspecified atom stereocenters. The van der Waals surface area contributed by atoms with Crippen molar-refractivity contribution >= 4 is 40.9 Å². The minimum absolute atomic E-state index is 0.0993. The molecule has 132 valence electrons. The van der Waals surface area contributed by atoms with Crippen LogP contribution in [-0.4, -0.2) is 30.8 Å². The minimum atomic E-state index is -0.326. The van der Waals surface area contributed by atoms with Gasteiger partial charge in [0.05, 0.1) is 16.7 Å². The van der Waals surface area contributed by atoms with E-state index in [2.05, 4.69) is 5.32 Å². The van der Waals surface area contributed by atoms with E-state index < -0.39 is 0 Å². The Kier molecular flexibility index (Phi) is 8.79. The Morgan fingerprint density at radius 1 is 1.12 bits per heavy atom. The van der Waals surface area contributed by atoms with Crippen LogP contribution in [0.3, 0.4) is 0 Å². The molecule has 0 spiro atoms. The number of ether oxygens (including phenoxy) is 1. The van der Waals surface area contributed by atoms with Gasteiger partial charge in [-0.15, -0.1) is 0 Å². The SMILES string of the molecule is CCOC(=O)CCc1cc(Cl)c(Cl)cc1C(=O)CCCNC(C)=O. The molecule has 0 saturated carbocycles. The Bertz CT molecular complexity index is 617. The van der Waals surface area contributed by atoms with Gasteiger partial charge in [0.2, 0.25) is 5.91 Å². The lowest BCUT2D eigenvalue weighted by Crippen LogP contribution is -2.21. The van der Waals surface area contributed by atoms with E-state index in [0.29, 0.717) is 47.2 Å². The van der Waals surface area contributed by atoms with Gasteiger partial charge in [0.15, 0.2) is 5.78 Å². The molecule has 0 bridgehead atoms. The fourth-order valence-corrected chi connectivity index (χ4v) is 2.52. The van der Waals surface area contributed by atoms with E-state index in [9.17, 15) is 14.4 Å². The Balaban J connectivity index is 2.79. The first-order valence-electron chi connectivity index (χ1n) is 7.76. The third kappa shape index (κ3) is 6.89. The Morgan fingerprint density at radius 2 is 1.79 bits per heavy atom. The number of benzene rings is 1. The monoisotopic (exact) mass is 373 g/mol. The van der Waals surface area contributed by atoms with Crippen LogP contribution >= 0.6 is 23.2 Å². The highest BCUT2D eigenvalue weighted by atomic mass is 35.5. The fraction of sp³-hybridized carbons (Fsp3) is 0.471. The number of carbonyl (C=O) groups is 3. The predicted octanol–water partition coefficient (Wildman–Crippen LogP) is 3.59. The molecule has 0 aromatic heterocycles. The maximum atomic E-state index is 12.4. The van der Waals surface area contributed by atoms with Crippen LogP contribution in [0.5, 0.6) is 0 Å². The largest absolute Gasteiger partial charge is 0.466 e. The Hall–Kier alpha value is -1.59. The van der Waals surface area contributed by atoms with Crippen molar-refractivity contribution in [2.75, 3.05) is 13.2 Å². The van der Waals surface area contributed by atoms with Gasteiger partial charge in [-0.25, -0.2) is 0 Å². The van der Waals surface area contributed by atoms with Crippen molar-refractivity contribution < 1.29 is 19.1 Å². The standard InChI is InChI=1S/C17H21Cl2NO4/c1-3-24-17(23)7-6-12-9-14(18)15(19)10-13(12)16(22)5-4-8-20-11(2)21/h9-10H,3-8H2,1-2H3,(H,20,21). The average molecular weight is 374 g/mol. The number of Topliss-reactive ketones (excluding diaryl/α,β-unsaturated/α-hetero) is 1. The number of nitrogens with one attached hydrogen (secondary N) is 1. The van der Waals surface area contributed by atoms with E-state index >= 15 is 0 Å². The molecule has 1 N–H and O–H groups in total. The van der Waals surface area contributed by atoms with E-state index in [1.807, 2.05) is 0 Å². The number of hydrogen-bond acceptors (Lipinski definition) is 4. The zero-order valence-corrected chi connectivity index (χ0v) is 15.3. The molecule has 0 radical (unpaired) electrons. The van der Waals surface area contributed by atoms with E-state index in [-0.39, 0.29) is 30.5 Å². The lowest BCUT2D eigenvalue weighted by atomic mass is 9.97. The fourth-order valence-electron chi connectivity index (χ4n) is 2.17. The third-order valence-electron chi connectivity index (χ3n) is 3.30. The molecule has 24 heavy (non-hydrogen) atoms. The van der Waals surface area contributed by atoms with Crippen LogP contribution in [0.4, 0.5) is 0 Å². The highest BCUT2D eigenvalue weighted by Crippen LogP contribution is 2.28. The number of rotatable bonds is 9. The molecule has 0 aliphatic heterocycles. The van der Waals surface area contributed by atoms with Gasteiger partial charge in [-0.3, -0.25) is 14.4 Å². The maximum absolute atomic E-state index is 12.4. The van der Waals surface area contributed by atoms with Gasteiger partial charge in [-0.1, -0.05) is 23.2 Å². The summed E-state index contributed by atoms with van der Waals surface area (Å²) in [6.07, 6.45) is 1.31. The molecule has 5 nitrogen and oxygen atoms in total. The van der Waals surface area contributed by atoms with Crippen molar-refractivity contribution in [1.82, 2.24) is 5.32 Å². The maximum Gasteiger partial charge on any atom is 0.306 e. The van der Waals surface area contributed by atoms with Gasteiger partial charge in [-0.2, -0.15) is 0 Å². The number of halogens is 2. The van der Waals surface area contributed by atoms with Crippen molar-refractivity contribution in [3.63, 3.8) is 0 Å². The molecule has 1 aromatic rings. The van der Waals surface area contributed by atoms with Crippen LogP contribution in [0.1, 0.15) is 49.0 Å². The summed E-state index contributed by atoms with van der Waals surface area (Å²) in [4.78, 5) is 34.8. The summed E-state index contributed by atoms with van der Waals surface area (Å²) in [6, 6.07) is 3.15. The van der Waals surface area contributed by atoms with Crippen molar-refractivity contribution in [3.05, 3.63) is 33.3 Å². The summed E-state index contributed by atoms with van der Waals surface area (Å²) < 4.78 is 4.90. The topological polar surface area (TPSA) is 72.5 Å². The number of esters is 1. The molecule has 0 atom stereocenters. The van der Waals surface area contributed by atoms with Gasteiger partial charge in [0.25, 0.3) is 0 Å². The Morgan fingerprint density at radius 3 is 2.42 bits per heavy atom. The second kappa shape index (κ2) is 10.3. The zero-order valence-electron chi connectivity index (χ0n) is 13.8. The van der Waals surface area contributed by atoms with Crippen LogP contribution < -0.4 is 5.32 Å². The van der Waals surface area contributed by atoms with Gasteiger partial charge < -0.3 is 10.1 Å². The molecule has 7 heteroatoms. The summed E-state index contributed by atoms with van der Waals surface area (Å²) >= 11 is 12.0. The number of hydrogen-bond donors (Lipinski definition) is 1. The number of carbonyl (C=O) groups excluding carboxylic acids is 3. The van der Waals surface area contributed by atoms with Gasteiger partial charge in [-0.05, 0) is 37.5 Å². The summed E-state index contributed by atoms with van der Waals surface area (Å²) in [5.41, 5.74) is 1.12. The van der Waals surface area contributed by atoms with Crippen LogP contribution in [0, 0.1) is 0 Å². The minimum Gasteiger partial charge on any atom is -0.466 e. The Labute approximate surface area is 151 Å². The molecule has 0 saturated heterocycles. The number of ketones is 1. The van der Waals surface area contributed by atoms with Crippen molar-refractivity contribution in [2.45, 2.75) is 39.5 Å². The van der Waals surface area contributed by atoms with Crippen molar-refractivity contribution in [2.24, 2.45) is 0 Å². The zero-order chi connectivity index (χ0) is 18.1. The predicted molar refractivity (Wildman–Crippen MR) is 93.7 cm³/mol. The van der Waals surface area contributed by atoms with E-state index in [4.69, 9.17) is 27.9 Å². The normalized spacial score (nSPS) is 10.3. The van der Waals surface area contributed by atoms with E-state index in [0.717, 1.165) is 0 Å². The second-order valence-corrected chi connectivity index (χ2v) is 6.05. The first-order valence-corrected chi connectivity index (χ1v) is 8.52. The number of amides is 1. The van der Waals surface area contributed by atoms with E-state index in [1.165, 1.54) is 13.0 Å². The number of aryl methyl sites for hydroxylation is 1. The highest BCUT2D eigenvalue weighted by molar-refractivity contribution is 6.42. The van der Waals surface area contributed by atoms with Crippen LogP contribution in [0.25, 0.3) is 0 Å². The van der Waals surface area contributed by atoms with Crippen LogP contribution in [0.2, 0.25) is 10.0 Å². The quantitative estimate of drug-likeness (QED) is 0.407. The van der Waals surface area contributed by atoms with Crippen molar-refractivity contribution in [1.29, 1.82) is 0 Å². The van der Waals surface area contributed by atoms with Gasteiger partial charge in [0.1, 0.15) is 0 Å². The molecule has 0 aliphatic carbocycles. The lowest BCUT2D eigenvalue weighted by molar-refractivity contribution is -0.143. The molecular weight excluding hydrogens is 353 g/mol. The molecule has 0 heterocycles. The third-order valence-corrected chi connectivity index (χ3v) is 4.03.